The second-order valence-corrected chi connectivity index (χ2v) is 16.5. The van der Waals surface area contributed by atoms with E-state index in [-0.39, 0.29) is 11.5 Å². The summed E-state index contributed by atoms with van der Waals surface area (Å²) in [5.41, 5.74) is 12.0. The largest absolute Gasteiger partial charge is 0.507 e. The average Bonchev–Trinajstić information content (AvgIpc) is 3.29. The maximum atomic E-state index is 10.5. The zero-order valence-electron chi connectivity index (χ0n) is 37.9. The van der Waals surface area contributed by atoms with Crippen molar-refractivity contribution in [3.05, 3.63) is 176 Å². The lowest BCUT2D eigenvalue weighted by atomic mass is 9.89. The molecule has 0 fully saturated rings. The lowest BCUT2D eigenvalue weighted by Gasteiger charge is -2.23. The molecule has 0 aromatic heterocycles. The molecule has 0 atom stereocenters. The van der Waals surface area contributed by atoms with Crippen molar-refractivity contribution < 1.29 is 29.2 Å². The molecule has 64 heavy (non-hydrogen) atoms. The second-order valence-electron chi connectivity index (χ2n) is 16.5. The second kappa shape index (κ2) is 22.7. The Labute approximate surface area is 379 Å². The summed E-state index contributed by atoms with van der Waals surface area (Å²) in [5.74, 6) is 3.94. The molecule has 8 bridgehead atoms. The van der Waals surface area contributed by atoms with Crippen molar-refractivity contribution >= 4 is 12.4 Å². The molecule has 1 aliphatic rings. The highest BCUT2D eigenvalue weighted by atomic mass is 16.5. The number of nitrogens with zero attached hydrogens (tertiary/aromatic N) is 2. The molecule has 8 heteroatoms. The molecule has 8 nitrogen and oxygen atoms in total. The fourth-order valence-electron chi connectivity index (χ4n) is 8.26. The molecule has 0 spiro atoms. The number of phenolic OH excluding ortho intramolecular Hbond substituents is 2. The van der Waals surface area contributed by atoms with Gasteiger partial charge in [-0.1, -0.05) is 88.4 Å². The third kappa shape index (κ3) is 11.5. The van der Waals surface area contributed by atoms with Crippen LogP contribution >= 0.6 is 0 Å². The predicted octanol–water partition coefficient (Wildman–Crippen LogP) is 12.2. The molecule has 7 rings (SSSR count). The smallest absolute Gasteiger partial charge is 0.126 e. The molecule has 0 amide bonds. The quantitative estimate of drug-likeness (QED) is 0.0834. The zero-order chi connectivity index (χ0) is 44.7. The molecule has 0 saturated carbocycles. The van der Waals surface area contributed by atoms with Crippen LogP contribution in [0.4, 0.5) is 0 Å². The third-order valence-corrected chi connectivity index (χ3v) is 11.2. The van der Waals surface area contributed by atoms with E-state index >= 15 is 0 Å². The molecule has 0 aliphatic heterocycles. The van der Waals surface area contributed by atoms with Crippen LogP contribution in [0.5, 0.6) is 34.5 Å². The summed E-state index contributed by atoms with van der Waals surface area (Å²) < 4.78 is 27.0. The van der Waals surface area contributed by atoms with E-state index in [4.69, 9.17) is 28.9 Å². The van der Waals surface area contributed by atoms with Gasteiger partial charge in [-0.25, -0.2) is 0 Å². The van der Waals surface area contributed by atoms with E-state index in [1.54, 1.807) is 24.6 Å². The molecular weight excluding hydrogens is 797 g/mol. The van der Waals surface area contributed by atoms with Crippen LogP contribution < -0.4 is 18.9 Å². The van der Waals surface area contributed by atoms with E-state index in [9.17, 15) is 10.2 Å². The average molecular weight is 859 g/mol. The molecular formula is C56H62N2O6. The van der Waals surface area contributed by atoms with Gasteiger partial charge < -0.3 is 29.2 Å². The highest BCUT2D eigenvalue weighted by molar-refractivity contribution is 5.83. The number of para-hydroxylation sites is 4. The van der Waals surface area contributed by atoms with Gasteiger partial charge in [0.1, 0.15) is 34.5 Å². The minimum Gasteiger partial charge on any atom is -0.507 e. The van der Waals surface area contributed by atoms with Gasteiger partial charge in [0, 0.05) is 49.2 Å². The summed E-state index contributed by atoms with van der Waals surface area (Å²) in [4.78, 5) is 9.66. The van der Waals surface area contributed by atoms with Crippen LogP contribution in [0.15, 0.2) is 119 Å². The molecule has 0 heterocycles. The maximum Gasteiger partial charge on any atom is 0.126 e. The van der Waals surface area contributed by atoms with Gasteiger partial charge in [0.2, 0.25) is 0 Å². The summed E-state index contributed by atoms with van der Waals surface area (Å²) in [7, 11) is 0. The van der Waals surface area contributed by atoms with Gasteiger partial charge in [0.25, 0.3) is 0 Å². The van der Waals surface area contributed by atoms with Crippen LogP contribution in [-0.4, -0.2) is 49.1 Å². The SMILES string of the molecule is CCCOc1c2cccc1Cc1cc(CN=Cc3ccccc3O)cc(c1OCCC)Cc1cccc(c1OCCC)Cc1cc(CN=Cc3ccccc3O)cc(c1OCCC)C2. The van der Waals surface area contributed by atoms with E-state index in [0.29, 0.717) is 76.3 Å². The molecule has 2 N–H and O–H groups in total. The number of aliphatic imine (C=N–C) groups is 2. The van der Waals surface area contributed by atoms with Crippen molar-refractivity contribution in [2.45, 2.75) is 92.2 Å². The van der Waals surface area contributed by atoms with Crippen molar-refractivity contribution in [1.29, 1.82) is 0 Å². The lowest BCUT2D eigenvalue weighted by Crippen LogP contribution is -2.11. The van der Waals surface area contributed by atoms with E-state index in [1.165, 1.54) is 0 Å². The normalized spacial score (nSPS) is 12.4. The van der Waals surface area contributed by atoms with Gasteiger partial charge in [-0.05, 0) is 130 Å². The van der Waals surface area contributed by atoms with E-state index in [2.05, 4.69) is 88.4 Å². The minimum atomic E-state index is 0.201. The summed E-state index contributed by atoms with van der Waals surface area (Å²) in [6, 6.07) is 36.4. The van der Waals surface area contributed by atoms with Gasteiger partial charge in [-0.3, -0.25) is 9.98 Å². The summed E-state index contributed by atoms with van der Waals surface area (Å²) >= 11 is 0. The summed E-state index contributed by atoms with van der Waals surface area (Å²) in [5, 5.41) is 20.9. The van der Waals surface area contributed by atoms with Gasteiger partial charge in [0.15, 0.2) is 0 Å². The Balaban J connectivity index is 1.43. The van der Waals surface area contributed by atoms with E-state index < -0.39 is 0 Å². The molecule has 332 valence electrons. The number of ether oxygens (including phenoxy) is 4. The van der Waals surface area contributed by atoms with Crippen molar-refractivity contribution in [2.75, 3.05) is 26.4 Å². The van der Waals surface area contributed by atoms with Crippen LogP contribution in [-0.2, 0) is 38.8 Å². The van der Waals surface area contributed by atoms with Crippen LogP contribution in [0, 0.1) is 0 Å². The Morgan fingerprint density at radius 1 is 0.406 bits per heavy atom. The fourth-order valence-corrected chi connectivity index (χ4v) is 8.26. The zero-order valence-corrected chi connectivity index (χ0v) is 37.9. The Morgan fingerprint density at radius 2 is 0.703 bits per heavy atom. The summed E-state index contributed by atoms with van der Waals surface area (Å²) in [6.07, 6.45) is 9.30. The van der Waals surface area contributed by atoms with Crippen LogP contribution in [0.2, 0.25) is 0 Å². The Bertz CT molecular complexity index is 2290. The maximum absolute atomic E-state index is 10.5. The first-order valence-corrected chi connectivity index (χ1v) is 23.0. The van der Waals surface area contributed by atoms with Crippen LogP contribution in [0.1, 0.15) is 120 Å². The Kier molecular flexibility index (Phi) is 16.1. The minimum absolute atomic E-state index is 0.201. The van der Waals surface area contributed by atoms with E-state index in [1.807, 2.05) is 36.4 Å². The summed E-state index contributed by atoms with van der Waals surface area (Å²) in [6.45, 7) is 11.7. The van der Waals surface area contributed by atoms with Gasteiger partial charge in [-0.2, -0.15) is 0 Å². The molecule has 1 aliphatic carbocycles. The number of benzene rings is 6. The monoisotopic (exact) mass is 858 g/mol. The van der Waals surface area contributed by atoms with Gasteiger partial charge in [-0.15, -0.1) is 0 Å². The molecule has 0 unspecified atom stereocenters. The molecule has 0 radical (unpaired) electrons. The Morgan fingerprint density at radius 3 is 1.00 bits per heavy atom. The van der Waals surface area contributed by atoms with Crippen molar-refractivity contribution in [3.63, 3.8) is 0 Å². The number of phenols is 2. The predicted molar refractivity (Wildman–Crippen MR) is 259 cm³/mol. The molecule has 6 aromatic rings. The first-order valence-electron chi connectivity index (χ1n) is 23.0. The fraction of sp³-hybridized carbons (Fsp3) is 0.321. The lowest BCUT2D eigenvalue weighted by molar-refractivity contribution is 0.304. The standard InChI is InChI=1S/C56H62N2O6/c1-5-23-61-53-41-17-13-18-42(53)32-48-28-40(36-58-38-46-16-10-12-22-52(46)60)30-50(56(48)64-26-8-4)34-44-20-14-19-43(54(44)62-24-6-2)33-49-29-39(27-47(31-41)55(49)63-25-7-3)35-57-37-45-15-9-11-21-51(45)59/h9-22,27-30,37-38,59-60H,5-8,23-26,31-36H2,1-4H3. The van der Waals surface area contributed by atoms with Gasteiger partial charge >= 0.3 is 0 Å². The van der Waals surface area contributed by atoms with E-state index in [0.717, 1.165) is 104 Å². The number of aromatic hydroxyl groups is 2. The molecule has 6 aromatic carbocycles. The first kappa shape index (κ1) is 45.5. The molecule has 0 saturated heterocycles. The van der Waals surface area contributed by atoms with Crippen LogP contribution in [0.25, 0.3) is 0 Å². The highest BCUT2D eigenvalue weighted by Gasteiger charge is 2.23. The Hall–Kier alpha value is -6.54. The number of hydrogen-bond donors (Lipinski definition) is 2. The van der Waals surface area contributed by atoms with Crippen molar-refractivity contribution in [1.82, 2.24) is 0 Å². The van der Waals surface area contributed by atoms with Crippen molar-refractivity contribution in [3.8, 4) is 34.5 Å². The number of hydrogen-bond acceptors (Lipinski definition) is 8. The third-order valence-electron chi connectivity index (χ3n) is 11.2. The number of rotatable bonds is 18. The number of fused-ring (bicyclic) bond motifs is 8. The highest BCUT2D eigenvalue weighted by Crippen LogP contribution is 2.40. The topological polar surface area (TPSA) is 102 Å². The van der Waals surface area contributed by atoms with Crippen LogP contribution in [0.3, 0.4) is 0 Å². The first-order chi connectivity index (χ1) is 31.4. The van der Waals surface area contributed by atoms with Crippen molar-refractivity contribution in [2.24, 2.45) is 9.98 Å². The van der Waals surface area contributed by atoms with Gasteiger partial charge in [0.05, 0.1) is 39.5 Å².